The third-order valence-corrected chi connectivity index (χ3v) is 3.19. The highest BCUT2D eigenvalue weighted by atomic mass is 35.5. The second-order valence-corrected chi connectivity index (χ2v) is 4.40. The number of halogens is 1. The molecule has 0 amide bonds. The number of nitrogens with zero attached hydrogens (tertiary/aromatic N) is 1. The zero-order valence-corrected chi connectivity index (χ0v) is 11.0. The van der Waals surface area contributed by atoms with Crippen LogP contribution in [0.1, 0.15) is 17.2 Å². The normalized spacial score (nSPS) is 18.5. The molecule has 0 spiro atoms. The van der Waals surface area contributed by atoms with E-state index in [0.717, 1.165) is 26.2 Å². The number of benzene rings is 1. The Morgan fingerprint density at radius 2 is 2.06 bits per heavy atom. The van der Waals surface area contributed by atoms with Crippen LogP contribution in [-0.4, -0.2) is 42.8 Å². The van der Waals surface area contributed by atoms with Crippen LogP contribution in [0, 0.1) is 6.92 Å². The van der Waals surface area contributed by atoms with Gasteiger partial charge in [0, 0.05) is 26.2 Å². The standard InChI is InChI=1S/C13H20N2O.ClH/c1-11-3-2-4-12(9-11)13(10-16)15-7-5-14-6-8-15;/h2-4,9,13-14,16H,5-8,10H2,1H3;1H/t13-;/m1./s1. The van der Waals surface area contributed by atoms with E-state index < -0.39 is 0 Å². The predicted molar refractivity (Wildman–Crippen MR) is 72.7 cm³/mol. The Bertz CT molecular complexity index is 340. The van der Waals surface area contributed by atoms with Crippen LogP contribution in [0.5, 0.6) is 0 Å². The molecule has 1 heterocycles. The molecule has 4 heteroatoms. The molecule has 2 N–H and O–H groups in total. The molecule has 0 radical (unpaired) electrons. The maximum atomic E-state index is 9.56. The number of hydrogen-bond acceptors (Lipinski definition) is 3. The van der Waals surface area contributed by atoms with Crippen molar-refractivity contribution in [2.24, 2.45) is 0 Å². The Morgan fingerprint density at radius 3 is 2.65 bits per heavy atom. The Balaban J connectivity index is 0.00000144. The first kappa shape index (κ1) is 14.5. The monoisotopic (exact) mass is 256 g/mol. The first-order valence-electron chi connectivity index (χ1n) is 5.93. The van der Waals surface area contributed by atoms with Gasteiger partial charge in [-0.1, -0.05) is 29.8 Å². The molecule has 1 fully saturated rings. The molecule has 0 unspecified atom stereocenters. The van der Waals surface area contributed by atoms with Crippen molar-refractivity contribution in [2.45, 2.75) is 13.0 Å². The summed E-state index contributed by atoms with van der Waals surface area (Å²) >= 11 is 0. The van der Waals surface area contributed by atoms with Gasteiger partial charge < -0.3 is 10.4 Å². The largest absolute Gasteiger partial charge is 0.394 e. The molecule has 17 heavy (non-hydrogen) atoms. The van der Waals surface area contributed by atoms with Gasteiger partial charge in [0.25, 0.3) is 0 Å². The summed E-state index contributed by atoms with van der Waals surface area (Å²) in [6.07, 6.45) is 0. The Labute approximate surface area is 109 Å². The molecule has 1 aliphatic heterocycles. The van der Waals surface area contributed by atoms with Crippen LogP contribution in [-0.2, 0) is 0 Å². The summed E-state index contributed by atoms with van der Waals surface area (Å²) < 4.78 is 0. The summed E-state index contributed by atoms with van der Waals surface area (Å²) in [7, 11) is 0. The Hall–Kier alpha value is -0.610. The Kier molecular flexibility index (Phi) is 5.92. The van der Waals surface area contributed by atoms with Gasteiger partial charge in [0.2, 0.25) is 0 Å². The van der Waals surface area contributed by atoms with Crippen molar-refractivity contribution in [1.82, 2.24) is 10.2 Å². The smallest absolute Gasteiger partial charge is 0.0628 e. The number of piperazine rings is 1. The lowest BCUT2D eigenvalue weighted by molar-refractivity contribution is 0.111. The van der Waals surface area contributed by atoms with Gasteiger partial charge >= 0.3 is 0 Å². The van der Waals surface area contributed by atoms with Gasteiger partial charge in [-0.3, -0.25) is 4.90 Å². The molecule has 1 atom stereocenters. The van der Waals surface area contributed by atoms with E-state index in [1.54, 1.807) is 0 Å². The number of hydrogen-bond donors (Lipinski definition) is 2. The van der Waals surface area contributed by atoms with Crippen LogP contribution < -0.4 is 5.32 Å². The van der Waals surface area contributed by atoms with E-state index in [-0.39, 0.29) is 25.1 Å². The van der Waals surface area contributed by atoms with E-state index in [1.807, 2.05) is 0 Å². The molecule has 1 aliphatic rings. The quantitative estimate of drug-likeness (QED) is 0.857. The van der Waals surface area contributed by atoms with E-state index in [4.69, 9.17) is 0 Å². The molecule has 3 nitrogen and oxygen atoms in total. The fourth-order valence-corrected chi connectivity index (χ4v) is 2.30. The zero-order valence-electron chi connectivity index (χ0n) is 10.2. The summed E-state index contributed by atoms with van der Waals surface area (Å²) in [4.78, 5) is 2.35. The zero-order chi connectivity index (χ0) is 11.4. The number of nitrogens with one attached hydrogen (secondary N) is 1. The maximum absolute atomic E-state index is 9.56. The second-order valence-electron chi connectivity index (χ2n) is 4.40. The molecule has 0 aliphatic carbocycles. The summed E-state index contributed by atoms with van der Waals surface area (Å²) in [6.45, 7) is 6.35. The van der Waals surface area contributed by atoms with Crippen molar-refractivity contribution in [2.75, 3.05) is 32.8 Å². The van der Waals surface area contributed by atoms with Crippen molar-refractivity contribution in [3.05, 3.63) is 35.4 Å². The SMILES string of the molecule is Cc1cccc([C@@H](CO)N2CCNCC2)c1.Cl. The van der Waals surface area contributed by atoms with Crippen LogP contribution in [0.3, 0.4) is 0 Å². The maximum Gasteiger partial charge on any atom is 0.0628 e. The molecule has 0 bridgehead atoms. The van der Waals surface area contributed by atoms with Crippen LogP contribution >= 0.6 is 12.4 Å². The minimum absolute atomic E-state index is 0. The first-order chi connectivity index (χ1) is 7.81. The first-order valence-corrected chi connectivity index (χ1v) is 5.93. The minimum atomic E-state index is 0. The van der Waals surface area contributed by atoms with E-state index in [9.17, 15) is 5.11 Å². The summed E-state index contributed by atoms with van der Waals surface area (Å²) in [6, 6.07) is 8.59. The fraction of sp³-hybridized carbons (Fsp3) is 0.538. The van der Waals surface area contributed by atoms with Crippen molar-refractivity contribution >= 4 is 12.4 Å². The number of aliphatic hydroxyl groups excluding tert-OH is 1. The van der Waals surface area contributed by atoms with Crippen molar-refractivity contribution in [3.8, 4) is 0 Å². The summed E-state index contributed by atoms with van der Waals surface area (Å²) in [5.74, 6) is 0. The molecule has 1 aromatic rings. The third kappa shape index (κ3) is 3.68. The van der Waals surface area contributed by atoms with Gasteiger partial charge in [-0.2, -0.15) is 0 Å². The van der Waals surface area contributed by atoms with Crippen LogP contribution in [0.15, 0.2) is 24.3 Å². The fourth-order valence-electron chi connectivity index (χ4n) is 2.30. The molecule has 2 rings (SSSR count). The lowest BCUT2D eigenvalue weighted by Gasteiger charge is -2.34. The van der Waals surface area contributed by atoms with E-state index in [1.165, 1.54) is 11.1 Å². The number of aryl methyl sites for hydroxylation is 1. The minimum Gasteiger partial charge on any atom is -0.394 e. The van der Waals surface area contributed by atoms with Crippen molar-refractivity contribution < 1.29 is 5.11 Å². The lowest BCUT2D eigenvalue weighted by Crippen LogP contribution is -2.46. The predicted octanol–water partition coefficient (Wildman–Crippen LogP) is 1.36. The van der Waals surface area contributed by atoms with Gasteiger partial charge in [0.15, 0.2) is 0 Å². The average molecular weight is 257 g/mol. The molecular weight excluding hydrogens is 236 g/mol. The molecule has 1 aromatic carbocycles. The number of aliphatic hydroxyl groups is 1. The molecular formula is C13H21ClN2O. The van der Waals surface area contributed by atoms with Gasteiger partial charge in [-0.05, 0) is 12.5 Å². The van der Waals surface area contributed by atoms with Crippen LogP contribution in [0.4, 0.5) is 0 Å². The molecule has 96 valence electrons. The lowest BCUT2D eigenvalue weighted by atomic mass is 10.0. The van der Waals surface area contributed by atoms with Gasteiger partial charge in [-0.25, -0.2) is 0 Å². The highest BCUT2D eigenvalue weighted by Gasteiger charge is 2.21. The topological polar surface area (TPSA) is 35.5 Å². The average Bonchev–Trinajstić information content (AvgIpc) is 2.31. The van der Waals surface area contributed by atoms with Crippen molar-refractivity contribution in [3.63, 3.8) is 0 Å². The van der Waals surface area contributed by atoms with E-state index >= 15 is 0 Å². The molecule has 1 saturated heterocycles. The van der Waals surface area contributed by atoms with Crippen LogP contribution in [0.2, 0.25) is 0 Å². The number of rotatable bonds is 3. The second kappa shape index (κ2) is 6.97. The Morgan fingerprint density at radius 1 is 1.35 bits per heavy atom. The molecule has 0 aromatic heterocycles. The summed E-state index contributed by atoms with van der Waals surface area (Å²) in [5.41, 5.74) is 2.48. The van der Waals surface area contributed by atoms with Crippen molar-refractivity contribution in [1.29, 1.82) is 0 Å². The van der Waals surface area contributed by atoms with Gasteiger partial charge in [0.05, 0.1) is 12.6 Å². The van der Waals surface area contributed by atoms with E-state index in [0.29, 0.717) is 0 Å². The highest BCUT2D eigenvalue weighted by molar-refractivity contribution is 5.85. The van der Waals surface area contributed by atoms with Crippen LogP contribution in [0.25, 0.3) is 0 Å². The third-order valence-electron chi connectivity index (χ3n) is 3.19. The molecule has 0 saturated carbocycles. The highest BCUT2D eigenvalue weighted by Crippen LogP contribution is 2.21. The van der Waals surface area contributed by atoms with Gasteiger partial charge in [-0.15, -0.1) is 12.4 Å². The van der Waals surface area contributed by atoms with Gasteiger partial charge in [0.1, 0.15) is 0 Å². The van der Waals surface area contributed by atoms with E-state index in [2.05, 4.69) is 41.4 Å². The summed E-state index contributed by atoms with van der Waals surface area (Å²) in [5, 5.41) is 12.9.